The number of aryl methyl sites for hydroxylation is 1. The van der Waals surface area contributed by atoms with Gasteiger partial charge in [-0.05, 0) is 47.9 Å². The highest BCUT2D eigenvalue weighted by atomic mass is 32.2. The molecule has 2 N–H and O–H groups in total. The second-order valence-corrected chi connectivity index (χ2v) is 11.7. The van der Waals surface area contributed by atoms with Crippen molar-refractivity contribution in [3.63, 3.8) is 0 Å². The minimum atomic E-state index is -3.56. The molecule has 0 aliphatic heterocycles. The van der Waals surface area contributed by atoms with Crippen LogP contribution < -0.4 is 15.2 Å². The third-order valence-corrected chi connectivity index (χ3v) is 7.26. The molecule has 0 saturated carbocycles. The van der Waals surface area contributed by atoms with Crippen LogP contribution >= 0.6 is 0 Å². The van der Waals surface area contributed by atoms with Crippen molar-refractivity contribution in [1.82, 2.24) is 14.8 Å². The summed E-state index contributed by atoms with van der Waals surface area (Å²) in [6.07, 6.45) is 5.16. The summed E-state index contributed by atoms with van der Waals surface area (Å²) in [6.45, 7) is -1.51. The van der Waals surface area contributed by atoms with Crippen molar-refractivity contribution in [2.75, 3.05) is 12.0 Å². The molecule has 42 heavy (non-hydrogen) atoms. The number of carbonyl (C=O) groups excluding carboxylic acids is 1. The van der Waals surface area contributed by atoms with Crippen molar-refractivity contribution < 1.29 is 40.2 Å². The van der Waals surface area contributed by atoms with Gasteiger partial charge in [0, 0.05) is 29.9 Å². The molecule has 0 saturated heterocycles. The summed E-state index contributed by atoms with van der Waals surface area (Å²) in [5.41, 5.74) is 8.55. The smallest absolute Gasteiger partial charge is 0.387 e. The molecule has 2 aromatic carbocycles. The minimum Gasteiger partial charge on any atom is -0.434 e. The highest BCUT2D eigenvalue weighted by Gasteiger charge is 2.27. The molecule has 2 aromatic heterocycles. The highest BCUT2D eigenvalue weighted by molar-refractivity contribution is 7.89. The van der Waals surface area contributed by atoms with Gasteiger partial charge < -0.3 is 15.2 Å². The Labute approximate surface area is 237 Å². The Morgan fingerprint density at radius 1 is 1.14 bits per heavy atom. The third kappa shape index (κ3) is 5.84. The van der Waals surface area contributed by atoms with Crippen LogP contribution in [0.3, 0.4) is 0 Å². The number of rotatable bonds is 9. The molecule has 14 heteroatoms. The van der Waals surface area contributed by atoms with E-state index in [2.05, 4.69) is 14.8 Å². The fourth-order valence-electron chi connectivity index (χ4n) is 4.55. The topological polar surface area (TPSA) is 126 Å². The van der Waals surface area contributed by atoms with Crippen LogP contribution in [0, 0.1) is 18.6 Å². The molecule has 1 aliphatic rings. The summed E-state index contributed by atoms with van der Waals surface area (Å²) in [5.74, 6) is -3.78. The molecule has 4 aromatic rings. The van der Waals surface area contributed by atoms with Crippen LogP contribution in [-0.4, -0.2) is 41.8 Å². The van der Waals surface area contributed by atoms with E-state index in [1.165, 1.54) is 47.4 Å². The molecule has 1 aliphatic carbocycles. The van der Waals surface area contributed by atoms with Gasteiger partial charge in [-0.2, -0.15) is 13.9 Å². The van der Waals surface area contributed by atoms with Crippen molar-refractivity contribution in [3.05, 3.63) is 93.8 Å². The molecule has 0 atom stereocenters. The molecular formula is C28H22F4N4O5S. The van der Waals surface area contributed by atoms with E-state index in [4.69, 9.17) is 10.5 Å². The van der Waals surface area contributed by atoms with Gasteiger partial charge in [0.1, 0.15) is 11.6 Å². The molecular weight excluding hydrogens is 580 g/mol. The van der Waals surface area contributed by atoms with Crippen molar-refractivity contribution >= 4 is 27.5 Å². The van der Waals surface area contributed by atoms with Crippen molar-refractivity contribution in [2.24, 2.45) is 0 Å². The quantitative estimate of drug-likeness (QED) is 0.205. The molecule has 0 unspecified atom stereocenters. The zero-order valence-corrected chi connectivity index (χ0v) is 22.9. The van der Waals surface area contributed by atoms with E-state index in [0.29, 0.717) is 22.4 Å². The zero-order chi connectivity index (χ0) is 30.3. The lowest BCUT2D eigenvalue weighted by atomic mass is 10.0. The standard InChI is InChI=1S/C28H22F4N4O5S/c1-14-6-24(41-26-20(29)4-3-5-21(26)30)34-12-22(14)36-27(33)19(11-35-36)25(37)17-7-15-9-18(13-42(2,38)39)23(40-28(31)32)10-16(15)8-17/h3-6,8-12,28H,7,13,33H2,1-2H3. The number of ketones is 1. The Hall–Kier alpha value is -4.72. The van der Waals surface area contributed by atoms with Crippen LogP contribution in [-0.2, 0) is 22.0 Å². The maximum Gasteiger partial charge on any atom is 0.387 e. The SMILES string of the molecule is Cc1cc(Oc2c(F)cccc2F)ncc1-n1ncc(C(=O)C2=Cc3cc(OC(F)F)c(CS(C)(=O)=O)cc3C2)c1N. The van der Waals surface area contributed by atoms with Crippen molar-refractivity contribution in [3.8, 4) is 23.1 Å². The second kappa shape index (κ2) is 10.9. The average Bonchev–Trinajstić information content (AvgIpc) is 3.48. The Morgan fingerprint density at radius 2 is 1.86 bits per heavy atom. The first-order valence-electron chi connectivity index (χ1n) is 12.3. The number of carbonyl (C=O) groups is 1. The van der Waals surface area contributed by atoms with Crippen LogP contribution in [0.25, 0.3) is 11.8 Å². The number of anilines is 1. The summed E-state index contributed by atoms with van der Waals surface area (Å²) >= 11 is 0. The van der Waals surface area contributed by atoms with E-state index in [-0.39, 0.29) is 40.6 Å². The van der Waals surface area contributed by atoms with Gasteiger partial charge in [-0.15, -0.1) is 0 Å². The lowest BCUT2D eigenvalue weighted by Gasteiger charge is -2.12. The summed E-state index contributed by atoms with van der Waals surface area (Å²) in [4.78, 5) is 17.5. The Morgan fingerprint density at radius 3 is 2.50 bits per heavy atom. The first kappa shape index (κ1) is 28.8. The fraction of sp³-hybridized carbons (Fsp3) is 0.179. The number of pyridine rings is 1. The number of alkyl halides is 2. The number of allylic oxidation sites excluding steroid dienone is 1. The summed E-state index contributed by atoms with van der Waals surface area (Å²) in [6, 6.07) is 7.43. The molecule has 9 nitrogen and oxygen atoms in total. The Balaban J connectivity index is 1.40. The molecule has 218 valence electrons. The number of Topliss-reactive ketones (excluding diaryl/α,β-unsaturated/α-hetero) is 1. The number of halogens is 4. The predicted molar refractivity (Wildman–Crippen MR) is 145 cm³/mol. The van der Waals surface area contributed by atoms with Gasteiger partial charge >= 0.3 is 6.61 Å². The molecule has 0 bridgehead atoms. The van der Waals surface area contributed by atoms with Crippen LogP contribution in [0.2, 0.25) is 0 Å². The average molecular weight is 603 g/mol. The van der Waals surface area contributed by atoms with Gasteiger partial charge in [0.2, 0.25) is 11.6 Å². The lowest BCUT2D eigenvalue weighted by molar-refractivity contribution is -0.0503. The van der Waals surface area contributed by atoms with Crippen LogP contribution in [0.1, 0.15) is 32.6 Å². The van der Waals surface area contributed by atoms with Gasteiger partial charge in [-0.25, -0.2) is 26.9 Å². The second-order valence-electron chi connectivity index (χ2n) is 9.60. The highest BCUT2D eigenvalue weighted by Crippen LogP contribution is 2.35. The lowest BCUT2D eigenvalue weighted by Crippen LogP contribution is -2.10. The Bertz CT molecular complexity index is 1850. The largest absolute Gasteiger partial charge is 0.434 e. The van der Waals surface area contributed by atoms with Crippen LogP contribution in [0.15, 0.2) is 54.4 Å². The van der Waals surface area contributed by atoms with Gasteiger partial charge in [0.05, 0.1) is 29.4 Å². The van der Waals surface area contributed by atoms with E-state index in [1.807, 2.05) is 0 Å². The molecule has 2 heterocycles. The summed E-state index contributed by atoms with van der Waals surface area (Å²) in [5, 5.41) is 4.20. The van der Waals surface area contributed by atoms with Gasteiger partial charge in [-0.1, -0.05) is 12.1 Å². The first-order valence-corrected chi connectivity index (χ1v) is 14.3. The maximum absolute atomic E-state index is 14.0. The van der Waals surface area contributed by atoms with Crippen LogP contribution in [0.4, 0.5) is 23.4 Å². The number of sulfone groups is 1. The predicted octanol–water partition coefficient (Wildman–Crippen LogP) is 5.20. The number of para-hydroxylation sites is 1. The van der Waals surface area contributed by atoms with Gasteiger partial charge in [0.15, 0.2) is 27.3 Å². The number of nitrogens with two attached hydrogens (primary N) is 1. The molecule has 0 fully saturated rings. The summed E-state index contributed by atoms with van der Waals surface area (Å²) < 4.78 is 88.6. The monoisotopic (exact) mass is 602 g/mol. The fourth-order valence-corrected chi connectivity index (χ4v) is 5.34. The summed E-state index contributed by atoms with van der Waals surface area (Å²) in [7, 11) is -3.56. The Kier molecular flexibility index (Phi) is 7.49. The van der Waals surface area contributed by atoms with E-state index in [9.17, 15) is 30.8 Å². The number of hydrogen-bond donors (Lipinski definition) is 1. The van der Waals surface area contributed by atoms with Crippen molar-refractivity contribution in [1.29, 1.82) is 0 Å². The van der Waals surface area contributed by atoms with Gasteiger partial charge in [-0.3, -0.25) is 4.79 Å². The third-order valence-electron chi connectivity index (χ3n) is 6.42. The number of aromatic nitrogens is 3. The molecule has 5 rings (SSSR count). The normalized spacial score (nSPS) is 12.8. The van der Waals surface area contributed by atoms with Crippen LogP contribution in [0.5, 0.6) is 17.4 Å². The maximum atomic E-state index is 14.0. The van der Waals surface area contributed by atoms with E-state index >= 15 is 0 Å². The van der Waals surface area contributed by atoms with Crippen molar-refractivity contribution in [2.45, 2.75) is 25.7 Å². The molecule has 0 radical (unpaired) electrons. The zero-order valence-electron chi connectivity index (χ0n) is 22.1. The molecule has 0 amide bonds. The number of benzene rings is 2. The van der Waals surface area contributed by atoms with E-state index in [1.54, 1.807) is 6.92 Å². The van der Waals surface area contributed by atoms with E-state index in [0.717, 1.165) is 18.4 Å². The number of nitrogens with zero attached hydrogens (tertiary/aromatic N) is 3. The van der Waals surface area contributed by atoms with Gasteiger partial charge in [0.25, 0.3) is 0 Å². The number of hydrogen-bond acceptors (Lipinski definition) is 8. The number of fused-ring (bicyclic) bond motifs is 1. The number of nitrogen functional groups attached to an aromatic ring is 1. The number of ether oxygens (including phenoxy) is 2. The van der Waals surface area contributed by atoms with E-state index < -0.39 is 45.4 Å². The minimum absolute atomic E-state index is 0.0185. The molecule has 0 spiro atoms. The first-order chi connectivity index (χ1) is 19.8.